The predicted molar refractivity (Wildman–Crippen MR) is 68.7 cm³/mol. The van der Waals surface area contributed by atoms with Crippen LogP contribution in [0.5, 0.6) is 0 Å². The number of aromatic nitrogens is 3. The second kappa shape index (κ2) is 4.23. The fraction of sp³-hybridized carbons (Fsp3) is 0.500. The maximum atomic E-state index is 5.53. The fourth-order valence-electron chi connectivity index (χ4n) is 2.36. The van der Waals surface area contributed by atoms with E-state index in [1.54, 1.807) is 0 Å². The quantitative estimate of drug-likeness (QED) is 0.790. The van der Waals surface area contributed by atoms with Crippen LogP contribution in [0.1, 0.15) is 24.6 Å². The Morgan fingerprint density at radius 1 is 1.53 bits per heavy atom. The largest absolute Gasteiger partial charge is 0.379 e. The molecule has 2 aromatic heterocycles. The highest BCUT2D eigenvalue weighted by atomic mass is 32.1. The molecule has 1 fully saturated rings. The van der Waals surface area contributed by atoms with Gasteiger partial charge in [0.15, 0.2) is 10.4 Å². The third-order valence-corrected chi connectivity index (χ3v) is 3.50. The number of nitrogens with zero attached hydrogens (tertiary/aromatic N) is 2. The molecule has 0 aliphatic carbocycles. The number of hydrogen-bond acceptors (Lipinski definition) is 3. The molecule has 4 nitrogen and oxygen atoms in total. The Morgan fingerprint density at radius 3 is 3.18 bits per heavy atom. The van der Waals surface area contributed by atoms with Gasteiger partial charge in [0, 0.05) is 12.3 Å². The summed E-state index contributed by atoms with van der Waals surface area (Å²) in [7, 11) is 0. The van der Waals surface area contributed by atoms with Crippen LogP contribution in [0.2, 0.25) is 0 Å². The zero-order valence-corrected chi connectivity index (χ0v) is 10.6. The monoisotopic (exact) mass is 249 g/mol. The van der Waals surface area contributed by atoms with Crippen LogP contribution in [0.25, 0.3) is 11.2 Å². The van der Waals surface area contributed by atoms with Gasteiger partial charge in [-0.2, -0.15) is 0 Å². The lowest BCUT2D eigenvalue weighted by Gasteiger charge is -2.23. The Labute approximate surface area is 105 Å². The highest BCUT2D eigenvalue weighted by Gasteiger charge is 2.19. The zero-order valence-electron chi connectivity index (χ0n) is 9.77. The summed E-state index contributed by atoms with van der Waals surface area (Å²) in [5, 5.41) is 0. The smallest absolute Gasteiger partial charge is 0.179 e. The van der Waals surface area contributed by atoms with Crippen molar-refractivity contribution in [3.05, 3.63) is 22.6 Å². The predicted octanol–water partition coefficient (Wildman–Crippen LogP) is 2.75. The van der Waals surface area contributed by atoms with E-state index in [1.165, 1.54) is 0 Å². The maximum absolute atomic E-state index is 5.53. The van der Waals surface area contributed by atoms with Crippen molar-refractivity contribution in [3.63, 3.8) is 0 Å². The number of H-pyrrole nitrogens is 1. The topological polar surface area (TPSA) is 42.8 Å². The molecule has 0 saturated carbocycles. The standard InChI is InChI=1S/C12H15N3OS/c1-8-4-5-10-11(13-8)15(12(17)14-10)9-3-2-6-16-7-9/h4-5,9H,2-3,6-7H2,1H3,(H,14,17). The molecule has 1 saturated heterocycles. The van der Waals surface area contributed by atoms with Crippen molar-refractivity contribution in [1.82, 2.24) is 14.5 Å². The number of pyridine rings is 1. The van der Waals surface area contributed by atoms with Gasteiger partial charge in [-0.25, -0.2) is 4.98 Å². The van der Waals surface area contributed by atoms with Crippen molar-refractivity contribution in [2.24, 2.45) is 0 Å². The van der Waals surface area contributed by atoms with Crippen molar-refractivity contribution in [3.8, 4) is 0 Å². The van der Waals surface area contributed by atoms with E-state index in [0.717, 1.165) is 47.7 Å². The molecule has 90 valence electrons. The molecule has 2 aromatic rings. The molecule has 3 heterocycles. The molecule has 17 heavy (non-hydrogen) atoms. The summed E-state index contributed by atoms with van der Waals surface area (Å²) < 4.78 is 8.38. The number of nitrogens with one attached hydrogen (secondary N) is 1. The third kappa shape index (κ3) is 1.89. The van der Waals surface area contributed by atoms with Gasteiger partial charge in [-0.05, 0) is 44.1 Å². The Morgan fingerprint density at radius 2 is 2.41 bits per heavy atom. The summed E-state index contributed by atoms with van der Waals surface area (Å²) in [6, 6.07) is 4.35. The molecule has 0 radical (unpaired) electrons. The Hall–Kier alpha value is -1.20. The molecule has 5 heteroatoms. The van der Waals surface area contributed by atoms with Crippen LogP contribution < -0.4 is 0 Å². The molecular weight excluding hydrogens is 234 g/mol. The van der Waals surface area contributed by atoms with Gasteiger partial charge in [0.2, 0.25) is 0 Å². The summed E-state index contributed by atoms with van der Waals surface area (Å²) in [6.07, 6.45) is 2.20. The highest BCUT2D eigenvalue weighted by molar-refractivity contribution is 7.71. The first-order valence-electron chi connectivity index (χ1n) is 5.91. The van der Waals surface area contributed by atoms with Gasteiger partial charge in [0.1, 0.15) is 0 Å². The summed E-state index contributed by atoms with van der Waals surface area (Å²) in [6.45, 7) is 3.59. The van der Waals surface area contributed by atoms with Crippen molar-refractivity contribution < 1.29 is 4.74 Å². The Kier molecular flexibility index (Phi) is 2.72. The van der Waals surface area contributed by atoms with E-state index < -0.39 is 0 Å². The number of rotatable bonds is 1. The van der Waals surface area contributed by atoms with E-state index in [4.69, 9.17) is 17.0 Å². The van der Waals surface area contributed by atoms with E-state index in [-0.39, 0.29) is 0 Å². The van der Waals surface area contributed by atoms with Gasteiger partial charge >= 0.3 is 0 Å². The second-order valence-corrected chi connectivity index (χ2v) is 4.88. The van der Waals surface area contributed by atoms with Crippen molar-refractivity contribution in [2.45, 2.75) is 25.8 Å². The maximum Gasteiger partial charge on any atom is 0.179 e. The highest BCUT2D eigenvalue weighted by Crippen LogP contribution is 2.24. The van der Waals surface area contributed by atoms with E-state index in [9.17, 15) is 0 Å². The van der Waals surface area contributed by atoms with Crippen LogP contribution in [0.3, 0.4) is 0 Å². The molecule has 0 amide bonds. The minimum atomic E-state index is 0.319. The first-order chi connectivity index (χ1) is 8.25. The molecule has 1 N–H and O–H groups in total. The lowest BCUT2D eigenvalue weighted by molar-refractivity contribution is 0.0598. The zero-order chi connectivity index (χ0) is 11.8. The first-order valence-corrected chi connectivity index (χ1v) is 6.32. The summed E-state index contributed by atoms with van der Waals surface area (Å²) in [5.74, 6) is 0. The van der Waals surface area contributed by atoms with Crippen molar-refractivity contribution >= 4 is 23.4 Å². The number of aromatic amines is 1. The van der Waals surface area contributed by atoms with Gasteiger partial charge in [0.25, 0.3) is 0 Å². The number of aryl methyl sites for hydroxylation is 1. The van der Waals surface area contributed by atoms with E-state index in [0.29, 0.717) is 6.04 Å². The minimum Gasteiger partial charge on any atom is -0.379 e. The van der Waals surface area contributed by atoms with Gasteiger partial charge in [-0.1, -0.05) is 0 Å². The lowest BCUT2D eigenvalue weighted by atomic mass is 10.1. The van der Waals surface area contributed by atoms with Crippen LogP contribution >= 0.6 is 12.2 Å². The third-order valence-electron chi connectivity index (χ3n) is 3.20. The first kappa shape index (κ1) is 10.9. The number of hydrogen-bond donors (Lipinski definition) is 1. The average Bonchev–Trinajstić information content (AvgIpc) is 2.65. The SMILES string of the molecule is Cc1ccc2[nH]c(=S)n(C3CCCOC3)c2n1. The molecule has 1 atom stereocenters. The summed E-state index contributed by atoms with van der Waals surface area (Å²) in [5.41, 5.74) is 2.97. The van der Waals surface area contributed by atoms with Crippen LogP contribution in [-0.4, -0.2) is 27.7 Å². The summed E-state index contributed by atoms with van der Waals surface area (Å²) in [4.78, 5) is 7.79. The van der Waals surface area contributed by atoms with Gasteiger partial charge in [-0.3, -0.25) is 4.57 Å². The van der Waals surface area contributed by atoms with Crippen LogP contribution in [0.15, 0.2) is 12.1 Å². The van der Waals surface area contributed by atoms with E-state index >= 15 is 0 Å². The second-order valence-electron chi connectivity index (χ2n) is 4.49. The molecule has 3 rings (SSSR count). The molecular formula is C12H15N3OS. The fourth-order valence-corrected chi connectivity index (χ4v) is 2.71. The minimum absolute atomic E-state index is 0.319. The molecule has 0 aromatic carbocycles. The normalized spacial score (nSPS) is 20.9. The van der Waals surface area contributed by atoms with Crippen LogP contribution in [-0.2, 0) is 4.74 Å². The van der Waals surface area contributed by atoms with Gasteiger partial charge in [-0.15, -0.1) is 0 Å². The lowest BCUT2D eigenvalue weighted by Crippen LogP contribution is -2.21. The molecule has 0 spiro atoms. The van der Waals surface area contributed by atoms with Crippen molar-refractivity contribution in [2.75, 3.05) is 13.2 Å². The molecule has 1 aliphatic heterocycles. The average molecular weight is 249 g/mol. The summed E-state index contributed by atoms with van der Waals surface area (Å²) >= 11 is 5.39. The molecule has 1 aliphatic rings. The number of fused-ring (bicyclic) bond motifs is 1. The van der Waals surface area contributed by atoms with E-state index in [2.05, 4.69) is 14.5 Å². The molecule has 0 bridgehead atoms. The van der Waals surface area contributed by atoms with Crippen molar-refractivity contribution in [1.29, 1.82) is 0 Å². The van der Waals surface area contributed by atoms with Gasteiger partial charge < -0.3 is 9.72 Å². The van der Waals surface area contributed by atoms with E-state index in [1.807, 2.05) is 19.1 Å². The molecule has 1 unspecified atom stereocenters. The number of ether oxygens (including phenoxy) is 1. The van der Waals surface area contributed by atoms with Crippen LogP contribution in [0.4, 0.5) is 0 Å². The Balaban J connectivity index is 2.16. The number of imidazole rings is 1. The van der Waals surface area contributed by atoms with Crippen LogP contribution in [0, 0.1) is 11.7 Å². The Bertz CT molecular complexity index is 595. The van der Waals surface area contributed by atoms with Gasteiger partial charge in [0.05, 0.1) is 18.2 Å².